The molecule has 1 saturated heterocycles. The van der Waals surface area contributed by atoms with Crippen molar-refractivity contribution in [2.45, 2.75) is 64.0 Å². The monoisotopic (exact) mass is 426 g/mol. The number of hydrogen-bond donors (Lipinski definition) is 6. The van der Waals surface area contributed by atoms with Gasteiger partial charge in [0.15, 0.2) is 12.1 Å². The van der Waals surface area contributed by atoms with Crippen LogP contribution in [0, 0.1) is 19.3 Å². The first-order valence-corrected chi connectivity index (χ1v) is 9.97. The van der Waals surface area contributed by atoms with Crippen molar-refractivity contribution in [2.75, 3.05) is 19.8 Å². The van der Waals surface area contributed by atoms with Gasteiger partial charge in [-0.15, -0.1) is 0 Å². The molecule has 1 aromatic rings. The molecule has 1 aromatic carbocycles. The Morgan fingerprint density at radius 2 is 1.77 bits per heavy atom. The number of hydrogen-bond acceptors (Lipinski definition) is 9. The van der Waals surface area contributed by atoms with Crippen molar-refractivity contribution in [2.24, 2.45) is 5.41 Å². The van der Waals surface area contributed by atoms with E-state index in [0.717, 1.165) is 11.1 Å². The van der Waals surface area contributed by atoms with Crippen LogP contribution in [0.2, 0.25) is 0 Å². The number of rotatable bonds is 6. The molecule has 0 spiro atoms. The molecule has 0 aromatic heterocycles. The summed E-state index contributed by atoms with van der Waals surface area (Å²) >= 11 is 0. The molecule has 0 radical (unpaired) electrons. The van der Waals surface area contributed by atoms with Crippen LogP contribution in [0.1, 0.15) is 45.6 Å². The van der Waals surface area contributed by atoms with Crippen molar-refractivity contribution < 1.29 is 44.9 Å². The van der Waals surface area contributed by atoms with Gasteiger partial charge in [0.05, 0.1) is 31.3 Å². The second-order valence-electron chi connectivity index (χ2n) is 8.39. The molecule has 1 aliphatic heterocycles. The number of benzene rings is 1. The summed E-state index contributed by atoms with van der Waals surface area (Å²) in [7, 11) is 0. The van der Waals surface area contributed by atoms with Crippen molar-refractivity contribution in [1.82, 2.24) is 0 Å². The first-order chi connectivity index (χ1) is 14.1. The molecular weight excluding hydrogens is 396 g/mol. The zero-order valence-corrected chi connectivity index (χ0v) is 17.3. The lowest BCUT2D eigenvalue weighted by atomic mass is 9.84. The lowest BCUT2D eigenvalue weighted by Crippen LogP contribution is -2.59. The predicted octanol–water partition coefficient (Wildman–Crippen LogP) is -1.11. The van der Waals surface area contributed by atoms with Crippen LogP contribution >= 0.6 is 0 Å². The topological polar surface area (TPSA) is 157 Å². The van der Waals surface area contributed by atoms with Gasteiger partial charge < -0.3 is 40.1 Å². The van der Waals surface area contributed by atoms with Crippen LogP contribution in [-0.2, 0) is 15.9 Å². The van der Waals surface area contributed by atoms with Crippen LogP contribution < -0.4 is 0 Å². The summed E-state index contributed by atoms with van der Waals surface area (Å²) in [5, 5.41) is 59.2. The standard InChI is InChI=1S/C21H30O9/c1-9-6-12-14(19(28)21(3,8-23)18(12)27)10(2)11(9)4-5-29-20-17(26)16(25)15(24)13(7-22)30-20/h6,13,15-18,20,22-27H,4-5,7-8H2,1-3H3/t13?,15?,16?,17?,18?,20?,21-/m0/s1. The molecule has 6 N–H and O–H groups in total. The van der Waals surface area contributed by atoms with Gasteiger partial charge in [0.1, 0.15) is 24.4 Å². The van der Waals surface area contributed by atoms with E-state index in [2.05, 4.69) is 0 Å². The third-order valence-corrected chi connectivity index (χ3v) is 6.42. The Morgan fingerprint density at radius 3 is 2.37 bits per heavy atom. The molecule has 30 heavy (non-hydrogen) atoms. The Balaban J connectivity index is 1.76. The molecule has 168 valence electrons. The van der Waals surface area contributed by atoms with Crippen LogP contribution in [0.15, 0.2) is 6.07 Å². The predicted molar refractivity (Wildman–Crippen MR) is 104 cm³/mol. The van der Waals surface area contributed by atoms with E-state index >= 15 is 0 Å². The molecule has 0 amide bonds. The fourth-order valence-electron chi connectivity index (χ4n) is 4.35. The van der Waals surface area contributed by atoms with E-state index in [-0.39, 0.29) is 12.4 Å². The van der Waals surface area contributed by atoms with E-state index in [1.165, 1.54) is 6.92 Å². The van der Waals surface area contributed by atoms with Crippen LogP contribution in [0.3, 0.4) is 0 Å². The molecule has 1 aliphatic carbocycles. The summed E-state index contributed by atoms with van der Waals surface area (Å²) in [5.41, 5.74) is 2.02. The highest BCUT2D eigenvalue weighted by Gasteiger charge is 2.50. The summed E-state index contributed by atoms with van der Waals surface area (Å²) in [6.45, 7) is 4.25. The van der Waals surface area contributed by atoms with Gasteiger partial charge in [0.25, 0.3) is 0 Å². The Bertz CT molecular complexity index is 808. The lowest BCUT2D eigenvalue weighted by Gasteiger charge is -2.39. The maximum atomic E-state index is 12.9. The molecule has 1 heterocycles. The van der Waals surface area contributed by atoms with Crippen molar-refractivity contribution in [3.05, 3.63) is 33.9 Å². The number of carbonyl (C=O) groups excluding carboxylic acids is 1. The van der Waals surface area contributed by atoms with Gasteiger partial charge in [-0.1, -0.05) is 6.07 Å². The van der Waals surface area contributed by atoms with Gasteiger partial charge in [-0.25, -0.2) is 0 Å². The molecule has 0 bridgehead atoms. The molecular formula is C21H30O9. The number of ketones is 1. The second kappa shape index (κ2) is 8.60. The maximum absolute atomic E-state index is 12.9. The van der Waals surface area contributed by atoms with Crippen LogP contribution in [0.5, 0.6) is 0 Å². The molecule has 7 atom stereocenters. The Morgan fingerprint density at radius 1 is 1.10 bits per heavy atom. The molecule has 6 unspecified atom stereocenters. The van der Waals surface area contributed by atoms with Crippen molar-refractivity contribution in [1.29, 1.82) is 0 Å². The Labute approximate surface area is 174 Å². The van der Waals surface area contributed by atoms with Gasteiger partial charge in [-0.2, -0.15) is 0 Å². The van der Waals surface area contributed by atoms with Gasteiger partial charge >= 0.3 is 0 Å². The first kappa shape index (κ1) is 23.2. The fraction of sp³-hybridized carbons (Fsp3) is 0.667. The van der Waals surface area contributed by atoms with Gasteiger partial charge in [-0.3, -0.25) is 4.79 Å². The zero-order valence-electron chi connectivity index (χ0n) is 17.3. The van der Waals surface area contributed by atoms with E-state index in [9.17, 15) is 35.4 Å². The van der Waals surface area contributed by atoms with Gasteiger partial charge in [-0.05, 0) is 49.4 Å². The summed E-state index contributed by atoms with van der Waals surface area (Å²) in [5.74, 6) is -0.305. The number of Topliss-reactive ketones (excluding diaryl/α,β-unsaturated/α-hetero) is 1. The molecule has 9 nitrogen and oxygen atoms in total. The molecule has 3 rings (SSSR count). The van der Waals surface area contributed by atoms with Gasteiger partial charge in [0.2, 0.25) is 0 Å². The van der Waals surface area contributed by atoms with E-state index in [1.54, 1.807) is 13.0 Å². The fourth-order valence-corrected chi connectivity index (χ4v) is 4.35. The smallest absolute Gasteiger partial charge is 0.186 e. The third kappa shape index (κ3) is 3.59. The minimum atomic E-state index is -1.51. The summed E-state index contributed by atoms with van der Waals surface area (Å²) in [6, 6.07) is 1.75. The van der Waals surface area contributed by atoms with Crippen LogP contribution in [-0.4, -0.2) is 86.9 Å². The largest absolute Gasteiger partial charge is 0.395 e. The quantitative estimate of drug-likeness (QED) is 0.332. The van der Waals surface area contributed by atoms with Crippen molar-refractivity contribution >= 4 is 5.78 Å². The van der Waals surface area contributed by atoms with Crippen molar-refractivity contribution in [3.63, 3.8) is 0 Å². The maximum Gasteiger partial charge on any atom is 0.186 e. The second-order valence-corrected chi connectivity index (χ2v) is 8.39. The SMILES string of the molecule is Cc1cc2c(c(C)c1CCOC1OC(CO)C(O)C(O)C1O)C(=O)[C@@](C)(CO)C2O. The number of aryl methyl sites for hydroxylation is 1. The van der Waals surface area contributed by atoms with E-state index < -0.39 is 55.4 Å². The van der Waals surface area contributed by atoms with E-state index in [0.29, 0.717) is 23.1 Å². The Hall–Kier alpha value is -1.43. The van der Waals surface area contributed by atoms with Crippen LogP contribution in [0.25, 0.3) is 0 Å². The number of aliphatic hydroxyl groups excluding tert-OH is 6. The first-order valence-electron chi connectivity index (χ1n) is 9.97. The lowest BCUT2D eigenvalue weighted by molar-refractivity contribution is -0.300. The minimum Gasteiger partial charge on any atom is -0.395 e. The average molecular weight is 426 g/mol. The van der Waals surface area contributed by atoms with E-state index in [4.69, 9.17) is 9.47 Å². The van der Waals surface area contributed by atoms with Crippen molar-refractivity contribution in [3.8, 4) is 0 Å². The highest BCUT2D eigenvalue weighted by Crippen LogP contribution is 2.47. The highest BCUT2D eigenvalue weighted by molar-refractivity contribution is 6.07. The Kier molecular flexibility index (Phi) is 6.66. The molecule has 0 saturated carbocycles. The van der Waals surface area contributed by atoms with Crippen LogP contribution in [0.4, 0.5) is 0 Å². The van der Waals surface area contributed by atoms with E-state index in [1.807, 2.05) is 6.92 Å². The molecule has 9 heteroatoms. The molecule has 1 fully saturated rings. The summed E-state index contributed by atoms with van der Waals surface area (Å²) in [6.07, 6.45) is -7.44. The average Bonchev–Trinajstić information content (AvgIpc) is 2.91. The molecule has 2 aliphatic rings. The summed E-state index contributed by atoms with van der Waals surface area (Å²) in [4.78, 5) is 12.9. The highest BCUT2D eigenvalue weighted by atomic mass is 16.7. The number of fused-ring (bicyclic) bond motifs is 1. The number of carbonyl (C=O) groups is 1. The summed E-state index contributed by atoms with van der Waals surface area (Å²) < 4.78 is 10.9. The zero-order chi connectivity index (χ0) is 22.4. The number of ether oxygens (including phenoxy) is 2. The number of aliphatic hydroxyl groups is 6. The third-order valence-electron chi connectivity index (χ3n) is 6.42. The minimum absolute atomic E-state index is 0.0805. The normalized spacial score (nSPS) is 36.2. The van der Waals surface area contributed by atoms with Gasteiger partial charge in [0, 0.05) is 5.56 Å².